The topological polar surface area (TPSA) is 37.3 Å². The van der Waals surface area contributed by atoms with E-state index < -0.39 is 5.60 Å². The second kappa shape index (κ2) is 4.07. The van der Waals surface area contributed by atoms with Crippen LogP contribution in [0.25, 0.3) is 0 Å². The Hall–Kier alpha value is -1.93. The molecule has 0 amide bonds. The van der Waals surface area contributed by atoms with Crippen molar-refractivity contribution in [2.75, 3.05) is 0 Å². The Morgan fingerprint density at radius 1 is 0.944 bits per heavy atom. The zero-order valence-corrected chi connectivity index (χ0v) is 9.97. The van der Waals surface area contributed by atoms with Crippen LogP contribution in [-0.4, -0.2) is 10.9 Å². The monoisotopic (exact) mass is 238 g/mol. The van der Waals surface area contributed by atoms with Gasteiger partial charge in [-0.2, -0.15) is 0 Å². The highest BCUT2D eigenvalue weighted by Gasteiger charge is 2.41. The molecule has 0 heterocycles. The minimum absolute atomic E-state index is 0.185. The van der Waals surface area contributed by atoms with Gasteiger partial charge in [-0.05, 0) is 24.0 Å². The smallest absolute Gasteiger partial charge is 0.199 e. The van der Waals surface area contributed by atoms with Crippen LogP contribution in [0.1, 0.15) is 27.9 Å². The van der Waals surface area contributed by atoms with Crippen molar-refractivity contribution in [1.29, 1.82) is 0 Å². The van der Waals surface area contributed by atoms with Crippen LogP contribution in [-0.2, 0) is 12.0 Å². The fourth-order valence-electron chi connectivity index (χ4n) is 2.60. The van der Waals surface area contributed by atoms with Crippen molar-refractivity contribution < 1.29 is 9.90 Å². The van der Waals surface area contributed by atoms with Gasteiger partial charge < -0.3 is 5.11 Å². The third-order valence-electron chi connectivity index (χ3n) is 3.65. The highest BCUT2D eigenvalue weighted by molar-refractivity contribution is 6.05. The largest absolute Gasteiger partial charge is 0.377 e. The van der Waals surface area contributed by atoms with Gasteiger partial charge in [0, 0.05) is 5.56 Å². The number of rotatable bonds is 1. The van der Waals surface area contributed by atoms with E-state index in [-0.39, 0.29) is 5.78 Å². The van der Waals surface area contributed by atoms with E-state index in [0.29, 0.717) is 17.5 Å². The van der Waals surface area contributed by atoms with Crippen LogP contribution in [0, 0.1) is 0 Å². The maximum atomic E-state index is 12.5. The Morgan fingerprint density at radius 3 is 2.39 bits per heavy atom. The van der Waals surface area contributed by atoms with E-state index in [4.69, 9.17) is 0 Å². The Morgan fingerprint density at radius 2 is 1.61 bits per heavy atom. The molecule has 0 aromatic heterocycles. The molecule has 0 saturated carbocycles. The summed E-state index contributed by atoms with van der Waals surface area (Å²) >= 11 is 0. The van der Waals surface area contributed by atoms with E-state index in [9.17, 15) is 9.90 Å². The van der Waals surface area contributed by atoms with E-state index in [2.05, 4.69) is 0 Å². The molecule has 3 rings (SSSR count). The predicted octanol–water partition coefficient (Wildman–Crippen LogP) is 2.70. The first-order chi connectivity index (χ1) is 8.72. The molecular formula is C16H14O2. The van der Waals surface area contributed by atoms with Gasteiger partial charge in [0.25, 0.3) is 0 Å². The minimum Gasteiger partial charge on any atom is -0.377 e. The first-order valence-electron chi connectivity index (χ1n) is 6.12. The van der Waals surface area contributed by atoms with E-state index in [0.717, 1.165) is 12.0 Å². The average Bonchev–Trinajstić information content (AvgIpc) is 2.44. The molecule has 2 aromatic carbocycles. The number of aryl methyl sites for hydroxylation is 1. The third kappa shape index (κ3) is 1.57. The Balaban J connectivity index is 2.10. The predicted molar refractivity (Wildman–Crippen MR) is 69.4 cm³/mol. The molecule has 0 fully saturated rings. The third-order valence-corrected chi connectivity index (χ3v) is 3.65. The molecule has 1 atom stereocenters. The molecule has 1 N–H and O–H groups in total. The van der Waals surface area contributed by atoms with Gasteiger partial charge in [-0.1, -0.05) is 54.6 Å². The Kier molecular flexibility index (Phi) is 2.53. The second-order valence-electron chi connectivity index (χ2n) is 4.71. The number of benzene rings is 2. The van der Waals surface area contributed by atoms with Gasteiger partial charge in [0.2, 0.25) is 0 Å². The van der Waals surface area contributed by atoms with E-state index >= 15 is 0 Å². The molecular weight excluding hydrogens is 224 g/mol. The van der Waals surface area contributed by atoms with Crippen LogP contribution in [0.5, 0.6) is 0 Å². The zero-order chi connectivity index (χ0) is 12.6. The number of aliphatic hydroxyl groups is 1. The number of ketones is 1. The van der Waals surface area contributed by atoms with Crippen molar-refractivity contribution in [3.8, 4) is 0 Å². The van der Waals surface area contributed by atoms with Gasteiger partial charge in [-0.3, -0.25) is 4.79 Å². The van der Waals surface area contributed by atoms with Crippen LogP contribution >= 0.6 is 0 Å². The first kappa shape index (κ1) is 11.2. The second-order valence-corrected chi connectivity index (χ2v) is 4.71. The summed E-state index contributed by atoms with van der Waals surface area (Å²) in [6.45, 7) is 0. The lowest BCUT2D eigenvalue weighted by Gasteiger charge is -2.32. The quantitative estimate of drug-likeness (QED) is 0.829. The highest BCUT2D eigenvalue weighted by Crippen LogP contribution is 2.36. The summed E-state index contributed by atoms with van der Waals surface area (Å²) in [4.78, 5) is 12.5. The summed E-state index contributed by atoms with van der Waals surface area (Å²) in [5, 5.41) is 10.7. The van der Waals surface area contributed by atoms with Crippen LogP contribution in [0.2, 0.25) is 0 Å². The lowest BCUT2D eigenvalue weighted by atomic mass is 9.75. The summed E-state index contributed by atoms with van der Waals surface area (Å²) in [7, 11) is 0. The molecule has 18 heavy (non-hydrogen) atoms. The van der Waals surface area contributed by atoms with Crippen LogP contribution in [0.3, 0.4) is 0 Å². The average molecular weight is 238 g/mol. The molecule has 1 aliphatic rings. The van der Waals surface area contributed by atoms with Crippen LogP contribution < -0.4 is 0 Å². The minimum atomic E-state index is -1.37. The summed E-state index contributed by atoms with van der Waals surface area (Å²) < 4.78 is 0. The fourth-order valence-corrected chi connectivity index (χ4v) is 2.60. The van der Waals surface area contributed by atoms with Gasteiger partial charge in [0.1, 0.15) is 0 Å². The number of hydrogen-bond acceptors (Lipinski definition) is 2. The summed E-state index contributed by atoms with van der Waals surface area (Å²) in [6, 6.07) is 16.7. The first-order valence-corrected chi connectivity index (χ1v) is 6.12. The lowest BCUT2D eigenvalue weighted by molar-refractivity contribution is 0.0222. The summed E-state index contributed by atoms with van der Waals surface area (Å²) in [6.07, 6.45) is 1.18. The Labute approximate surface area is 106 Å². The molecule has 0 saturated heterocycles. The standard InChI is InChI=1S/C16H14O2/c17-15-14-9-5-4-6-12(14)10-11-16(15,18)13-7-2-1-3-8-13/h1-9,18H,10-11H2. The van der Waals surface area contributed by atoms with Crippen molar-refractivity contribution in [3.05, 3.63) is 71.3 Å². The molecule has 90 valence electrons. The molecule has 2 aromatic rings. The number of carbonyl (C=O) groups excluding carboxylic acids is 1. The molecule has 0 radical (unpaired) electrons. The normalized spacial score (nSPS) is 22.6. The van der Waals surface area contributed by atoms with Crippen molar-refractivity contribution in [1.82, 2.24) is 0 Å². The molecule has 0 bridgehead atoms. The molecule has 0 spiro atoms. The maximum Gasteiger partial charge on any atom is 0.199 e. The van der Waals surface area contributed by atoms with Crippen molar-refractivity contribution in [2.24, 2.45) is 0 Å². The highest BCUT2D eigenvalue weighted by atomic mass is 16.3. The van der Waals surface area contributed by atoms with Crippen LogP contribution in [0.15, 0.2) is 54.6 Å². The van der Waals surface area contributed by atoms with Gasteiger partial charge in [-0.15, -0.1) is 0 Å². The maximum absolute atomic E-state index is 12.5. The van der Waals surface area contributed by atoms with Crippen LogP contribution in [0.4, 0.5) is 0 Å². The molecule has 2 nitrogen and oxygen atoms in total. The van der Waals surface area contributed by atoms with Gasteiger partial charge in [-0.25, -0.2) is 0 Å². The number of hydrogen-bond donors (Lipinski definition) is 1. The SMILES string of the molecule is O=C1c2ccccc2CCC1(O)c1ccccc1. The molecule has 1 unspecified atom stereocenters. The summed E-state index contributed by atoms with van der Waals surface area (Å²) in [5.41, 5.74) is 0.998. The van der Waals surface area contributed by atoms with Gasteiger partial charge >= 0.3 is 0 Å². The fraction of sp³-hybridized carbons (Fsp3) is 0.188. The van der Waals surface area contributed by atoms with E-state index in [1.165, 1.54) is 0 Å². The zero-order valence-electron chi connectivity index (χ0n) is 9.97. The van der Waals surface area contributed by atoms with Crippen molar-refractivity contribution >= 4 is 5.78 Å². The van der Waals surface area contributed by atoms with E-state index in [1.807, 2.05) is 48.5 Å². The van der Waals surface area contributed by atoms with Gasteiger partial charge in [0.15, 0.2) is 11.4 Å². The number of fused-ring (bicyclic) bond motifs is 1. The van der Waals surface area contributed by atoms with E-state index in [1.54, 1.807) is 6.07 Å². The number of Topliss-reactive ketones (excluding diaryl/α,β-unsaturated/α-hetero) is 1. The van der Waals surface area contributed by atoms with Crippen molar-refractivity contribution in [2.45, 2.75) is 18.4 Å². The van der Waals surface area contributed by atoms with Crippen molar-refractivity contribution in [3.63, 3.8) is 0 Å². The number of carbonyl (C=O) groups is 1. The van der Waals surface area contributed by atoms with Gasteiger partial charge in [0.05, 0.1) is 0 Å². The lowest BCUT2D eigenvalue weighted by Crippen LogP contribution is -2.39. The molecule has 0 aliphatic heterocycles. The Bertz CT molecular complexity index is 589. The summed E-state index contributed by atoms with van der Waals surface area (Å²) in [5.74, 6) is -0.185. The molecule has 2 heteroatoms. The molecule has 1 aliphatic carbocycles.